The van der Waals surface area contributed by atoms with Crippen molar-refractivity contribution in [3.63, 3.8) is 0 Å². The number of ether oxygens (including phenoxy) is 1. The Morgan fingerprint density at radius 2 is 2.26 bits per heavy atom. The molecule has 1 saturated heterocycles. The maximum absolute atomic E-state index is 12.3. The molecule has 1 aliphatic heterocycles. The lowest BCUT2D eigenvalue weighted by atomic mass is 9.96. The Hall–Kier alpha value is -1.57. The summed E-state index contributed by atoms with van der Waals surface area (Å²) in [5.41, 5.74) is 0. The topological polar surface area (TPSA) is 47.4 Å². The summed E-state index contributed by atoms with van der Waals surface area (Å²) >= 11 is 0. The van der Waals surface area contributed by atoms with E-state index in [0.29, 0.717) is 26.2 Å². The highest BCUT2D eigenvalue weighted by Gasteiger charge is 2.31. The van der Waals surface area contributed by atoms with Crippen molar-refractivity contribution < 1.29 is 22.7 Å². The Balaban J connectivity index is 1.95. The van der Waals surface area contributed by atoms with Gasteiger partial charge in [0.25, 0.3) is 0 Å². The van der Waals surface area contributed by atoms with Gasteiger partial charge in [-0.05, 0) is 12.8 Å². The van der Waals surface area contributed by atoms with Gasteiger partial charge in [-0.2, -0.15) is 13.2 Å². The summed E-state index contributed by atoms with van der Waals surface area (Å²) in [7, 11) is 1.62. The first-order valence-electron chi connectivity index (χ1n) is 7.75. The Labute approximate surface area is 133 Å². The van der Waals surface area contributed by atoms with Crippen molar-refractivity contribution in [2.24, 2.45) is 0 Å². The molecule has 2 heterocycles. The number of likely N-dealkylation sites (tertiary alicyclic amines) is 1. The summed E-state index contributed by atoms with van der Waals surface area (Å²) in [4.78, 5) is 17.9. The highest BCUT2D eigenvalue weighted by atomic mass is 19.4. The second-order valence-corrected chi connectivity index (χ2v) is 5.77. The first kappa shape index (κ1) is 17.8. The first-order chi connectivity index (χ1) is 10.9. The summed E-state index contributed by atoms with van der Waals surface area (Å²) in [6.07, 6.45) is -0.605. The Bertz CT molecular complexity index is 516. The number of imidazole rings is 1. The highest BCUT2D eigenvalue weighted by Crippen LogP contribution is 2.27. The van der Waals surface area contributed by atoms with Gasteiger partial charge >= 0.3 is 6.18 Å². The van der Waals surface area contributed by atoms with Crippen LogP contribution in [0.4, 0.5) is 13.2 Å². The number of halogens is 3. The monoisotopic (exact) mass is 333 g/mol. The molecule has 2 rings (SSSR count). The number of carbonyl (C=O) groups is 1. The quantitative estimate of drug-likeness (QED) is 0.804. The van der Waals surface area contributed by atoms with Gasteiger partial charge in [0.15, 0.2) is 0 Å². The van der Waals surface area contributed by atoms with E-state index < -0.39 is 24.9 Å². The molecule has 1 aliphatic rings. The number of aromatic nitrogens is 2. The normalized spacial score (nSPS) is 19.1. The van der Waals surface area contributed by atoms with Crippen LogP contribution < -0.4 is 0 Å². The van der Waals surface area contributed by atoms with Crippen LogP contribution in [0.1, 0.15) is 37.4 Å². The summed E-state index contributed by atoms with van der Waals surface area (Å²) in [6, 6.07) is 0. The molecule has 0 bridgehead atoms. The van der Waals surface area contributed by atoms with Crippen molar-refractivity contribution in [2.45, 2.75) is 44.3 Å². The van der Waals surface area contributed by atoms with Crippen LogP contribution in [-0.4, -0.2) is 53.3 Å². The zero-order valence-corrected chi connectivity index (χ0v) is 13.2. The number of hydrogen-bond acceptors (Lipinski definition) is 3. The maximum Gasteiger partial charge on any atom is 0.389 e. The third kappa shape index (κ3) is 5.23. The van der Waals surface area contributed by atoms with Crippen LogP contribution in [-0.2, 0) is 16.1 Å². The van der Waals surface area contributed by atoms with Crippen LogP contribution in [0.3, 0.4) is 0 Å². The van der Waals surface area contributed by atoms with Crippen LogP contribution in [0.2, 0.25) is 0 Å². The summed E-state index contributed by atoms with van der Waals surface area (Å²) in [6.45, 7) is 2.18. The second-order valence-electron chi connectivity index (χ2n) is 5.77. The largest absolute Gasteiger partial charge is 0.389 e. The van der Waals surface area contributed by atoms with Crippen LogP contribution in [0.15, 0.2) is 12.4 Å². The molecule has 8 heteroatoms. The minimum absolute atomic E-state index is 0.0606. The Morgan fingerprint density at radius 1 is 1.48 bits per heavy atom. The van der Waals surface area contributed by atoms with E-state index in [0.717, 1.165) is 18.7 Å². The van der Waals surface area contributed by atoms with Gasteiger partial charge in [-0.15, -0.1) is 0 Å². The first-order valence-corrected chi connectivity index (χ1v) is 7.75. The average Bonchev–Trinajstić information content (AvgIpc) is 2.98. The number of carbonyl (C=O) groups excluding carboxylic acids is 1. The molecule has 0 saturated carbocycles. The van der Waals surface area contributed by atoms with Crippen molar-refractivity contribution in [1.82, 2.24) is 14.5 Å². The van der Waals surface area contributed by atoms with Gasteiger partial charge in [0, 0.05) is 51.5 Å². The van der Waals surface area contributed by atoms with Gasteiger partial charge in [-0.1, -0.05) is 0 Å². The molecule has 0 unspecified atom stereocenters. The molecule has 0 N–H and O–H groups in total. The summed E-state index contributed by atoms with van der Waals surface area (Å²) in [5, 5.41) is 0. The molecule has 5 nitrogen and oxygen atoms in total. The zero-order valence-electron chi connectivity index (χ0n) is 13.2. The molecule has 1 atom stereocenters. The number of nitrogens with zero attached hydrogens (tertiary/aromatic N) is 3. The van der Waals surface area contributed by atoms with Crippen molar-refractivity contribution in [3.8, 4) is 0 Å². The molecular weight excluding hydrogens is 311 g/mol. The van der Waals surface area contributed by atoms with Crippen LogP contribution >= 0.6 is 0 Å². The van der Waals surface area contributed by atoms with E-state index >= 15 is 0 Å². The summed E-state index contributed by atoms with van der Waals surface area (Å²) < 4.78 is 43.8. The average molecular weight is 333 g/mol. The van der Waals surface area contributed by atoms with Gasteiger partial charge in [-0.25, -0.2) is 4.98 Å². The van der Waals surface area contributed by atoms with Crippen molar-refractivity contribution in [3.05, 3.63) is 18.2 Å². The van der Waals surface area contributed by atoms with Gasteiger partial charge in [0.2, 0.25) is 5.91 Å². The maximum atomic E-state index is 12.3. The minimum Gasteiger partial charge on any atom is -0.383 e. The van der Waals surface area contributed by atoms with Crippen molar-refractivity contribution in [1.29, 1.82) is 0 Å². The molecule has 0 radical (unpaired) electrons. The van der Waals surface area contributed by atoms with Crippen LogP contribution in [0.5, 0.6) is 0 Å². The molecule has 1 amide bonds. The fourth-order valence-corrected chi connectivity index (χ4v) is 2.88. The fourth-order valence-electron chi connectivity index (χ4n) is 2.88. The molecule has 0 aliphatic carbocycles. The molecule has 0 aromatic carbocycles. The Morgan fingerprint density at radius 3 is 2.96 bits per heavy atom. The Kier molecular flexibility index (Phi) is 6.04. The van der Waals surface area contributed by atoms with Crippen molar-refractivity contribution >= 4 is 5.91 Å². The highest BCUT2D eigenvalue weighted by molar-refractivity contribution is 5.76. The molecule has 1 aromatic heterocycles. The van der Waals surface area contributed by atoms with Crippen LogP contribution in [0.25, 0.3) is 0 Å². The smallest absolute Gasteiger partial charge is 0.383 e. The van der Waals surface area contributed by atoms with Crippen molar-refractivity contribution in [2.75, 3.05) is 26.8 Å². The standard InChI is InChI=1S/C15H22F3N3O2/c1-23-10-9-20-8-6-19-14(20)12-3-2-7-21(11-12)13(22)4-5-15(16,17)18/h6,8,12H,2-5,7,9-11H2,1H3/t12-/m0/s1. The van der Waals surface area contributed by atoms with Gasteiger partial charge in [0.1, 0.15) is 5.82 Å². The summed E-state index contributed by atoms with van der Waals surface area (Å²) in [5.74, 6) is 0.503. The molecule has 1 aromatic rings. The predicted octanol–water partition coefficient (Wildman–Crippen LogP) is 2.58. The number of rotatable bonds is 6. The lowest BCUT2D eigenvalue weighted by molar-refractivity contribution is -0.149. The van der Waals surface area contributed by atoms with E-state index in [9.17, 15) is 18.0 Å². The number of alkyl halides is 3. The molecular formula is C15H22F3N3O2. The number of methoxy groups -OCH3 is 1. The zero-order chi connectivity index (χ0) is 16.9. The van der Waals surface area contributed by atoms with E-state index in [4.69, 9.17) is 4.74 Å². The second kappa shape index (κ2) is 7.81. The number of hydrogen-bond donors (Lipinski definition) is 0. The predicted molar refractivity (Wildman–Crippen MR) is 77.9 cm³/mol. The van der Waals surface area contributed by atoms with Gasteiger partial charge < -0.3 is 14.2 Å². The fraction of sp³-hybridized carbons (Fsp3) is 0.733. The SMILES string of the molecule is COCCn1ccnc1[C@H]1CCCN(C(=O)CCC(F)(F)F)C1. The molecule has 0 spiro atoms. The molecule has 23 heavy (non-hydrogen) atoms. The third-order valence-corrected chi connectivity index (χ3v) is 4.05. The number of piperidine rings is 1. The van der Waals surface area contributed by atoms with Gasteiger partial charge in [-0.3, -0.25) is 4.79 Å². The van der Waals surface area contributed by atoms with E-state index in [1.54, 1.807) is 13.3 Å². The van der Waals surface area contributed by atoms with E-state index in [2.05, 4.69) is 4.98 Å². The van der Waals surface area contributed by atoms with Gasteiger partial charge in [0.05, 0.1) is 13.0 Å². The van der Waals surface area contributed by atoms with E-state index in [1.165, 1.54) is 4.90 Å². The lowest BCUT2D eigenvalue weighted by Crippen LogP contribution is -2.40. The number of amides is 1. The molecule has 1 fully saturated rings. The lowest BCUT2D eigenvalue weighted by Gasteiger charge is -2.33. The van der Waals surface area contributed by atoms with E-state index in [1.807, 2.05) is 10.8 Å². The molecule has 130 valence electrons. The van der Waals surface area contributed by atoms with E-state index in [-0.39, 0.29) is 5.92 Å². The third-order valence-electron chi connectivity index (χ3n) is 4.05. The van der Waals surface area contributed by atoms with Crippen LogP contribution in [0, 0.1) is 0 Å². The minimum atomic E-state index is -4.29.